The summed E-state index contributed by atoms with van der Waals surface area (Å²) in [6, 6.07) is 16.2. The third kappa shape index (κ3) is 4.26. The smallest absolute Gasteiger partial charge is 0.407 e. The molecule has 162 valence electrons. The Morgan fingerprint density at radius 2 is 1.58 bits per heavy atom. The van der Waals surface area contributed by atoms with Crippen LogP contribution in [-0.4, -0.2) is 40.8 Å². The number of hydrogen-bond donors (Lipinski definition) is 3. The molecule has 7 nitrogen and oxygen atoms in total. The Labute approximate surface area is 180 Å². The van der Waals surface area contributed by atoms with Gasteiger partial charge in [0.2, 0.25) is 5.91 Å². The zero-order chi connectivity index (χ0) is 22.2. The molecule has 0 saturated heterocycles. The monoisotopic (exact) mass is 422 g/mol. The standard InChI is InChI=1S/C24H26N2O5/c1-23(2,13-20(27)25-24(11-12-24)21(28)29)26-22(30)31-14-19-17-9-5-3-7-15(17)16-8-4-6-10-18(16)19/h3-10,19H,11-14H2,1-2H3,(H,25,27)(H,26,30)(H,28,29). The van der Waals surface area contributed by atoms with Gasteiger partial charge in [0.1, 0.15) is 12.1 Å². The van der Waals surface area contributed by atoms with Crippen LogP contribution in [0.4, 0.5) is 4.79 Å². The van der Waals surface area contributed by atoms with Crippen molar-refractivity contribution in [3.63, 3.8) is 0 Å². The molecule has 2 amide bonds. The lowest BCUT2D eigenvalue weighted by molar-refractivity contribution is -0.143. The predicted molar refractivity (Wildman–Crippen MR) is 115 cm³/mol. The van der Waals surface area contributed by atoms with Crippen molar-refractivity contribution in [1.82, 2.24) is 10.6 Å². The zero-order valence-electron chi connectivity index (χ0n) is 17.6. The largest absolute Gasteiger partial charge is 0.480 e. The number of amides is 2. The van der Waals surface area contributed by atoms with E-state index in [-0.39, 0.29) is 18.9 Å². The average molecular weight is 422 g/mol. The highest BCUT2D eigenvalue weighted by molar-refractivity contribution is 5.90. The van der Waals surface area contributed by atoms with Crippen molar-refractivity contribution in [1.29, 1.82) is 0 Å². The van der Waals surface area contributed by atoms with Crippen LogP contribution in [0.2, 0.25) is 0 Å². The van der Waals surface area contributed by atoms with Gasteiger partial charge in [-0.15, -0.1) is 0 Å². The molecule has 2 aliphatic rings. The molecule has 0 aromatic heterocycles. The molecule has 3 N–H and O–H groups in total. The van der Waals surface area contributed by atoms with E-state index in [1.165, 1.54) is 0 Å². The van der Waals surface area contributed by atoms with Gasteiger partial charge in [0, 0.05) is 17.9 Å². The van der Waals surface area contributed by atoms with E-state index in [0.29, 0.717) is 12.8 Å². The Bertz CT molecular complexity index is 996. The van der Waals surface area contributed by atoms with Crippen LogP contribution in [0.25, 0.3) is 11.1 Å². The number of nitrogens with one attached hydrogen (secondary N) is 2. The average Bonchev–Trinajstić information content (AvgIpc) is 3.41. The second-order valence-corrected chi connectivity index (χ2v) is 8.95. The van der Waals surface area contributed by atoms with Crippen molar-refractivity contribution < 1.29 is 24.2 Å². The third-order valence-electron chi connectivity index (χ3n) is 5.92. The molecule has 0 aliphatic heterocycles. The molecular formula is C24H26N2O5. The summed E-state index contributed by atoms with van der Waals surface area (Å²) in [5, 5.41) is 14.5. The van der Waals surface area contributed by atoms with Crippen LogP contribution in [0.5, 0.6) is 0 Å². The van der Waals surface area contributed by atoms with Gasteiger partial charge in [-0.2, -0.15) is 0 Å². The first-order chi connectivity index (χ1) is 14.7. The van der Waals surface area contributed by atoms with Crippen LogP contribution in [0, 0.1) is 0 Å². The van der Waals surface area contributed by atoms with Gasteiger partial charge in [0.15, 0.2) is 0 Å². The number of carbonyl (C=O) groups is 3. The second kappa shape index (κ2) is 7.72. The first-order valence-corrected chi connectivity index (χ1v) is 10.4. The Morgan fingerprint density at radius 3 is 2.10 bits per heavy atom. The Hall–Kier alpha value is -3.35. The number of benzene rings is 2. The van der Waals surface area contributed by atoms with Gasteiger partial charge in [-0.1, -0.05) is 48.5 Å². The highest BCUT2D eigenvalue weighted by Crippen LogP contribution is 2.44. The van der Waals surface area contributed by atoms with Gasteiger partial charge in [-0.25, -0.2) is 9.59 Å². The van der Waals surface area contributed by atoms with Crippen molar-refractivity contribution in [2.24, 2.45) is 0 Å². The van der Waals surface area contributed by atoms with E-state index in [4.69, 9.17) is 4.74 Å². The van der Waals surface area contributed by atoms with E-state index in [1.807, 2.05) is 36.4 Å². The van der Waals surface area contributed by atoms with Crippen LogP contribution in [0.15, 0.2) is 48.5 Å². The maximum absolute atomic E-state index is 12.5. The lowest BCUT2D eigenvalue weighted by Gasteiger charge is -2.26. The van der Waals surface area contributed by atoms with Crippen LogP contribution in [0.1, 0.15) is 50.2 Å². The zero-order valence-corrected chi connectivity index (χ0v) is 17.6. The Morgan fingerprint density at radius 1 is 1.03 bits per heavy atom. The number of carboxylic acid groups (broad SMARTS) is 1. The van der Waals surface area contributed by atoms with Crippen molar-refractivity contribution in [2.45, 2.75) is 50.1 Å². The summed E-state index contributed by atoms with van der Waals surface area (Å²) in [6.45, 7) is 3.59. The fraction of sp³-hybridized carbons (Fsp3) is 0.375. The Kier molecular flexibility index (Phi) is 5.21. The number of hydrogen-bond acceptors (Lipinski definition) is 4. The molecule has 0 atom stereocenters. The van der Waals surface area contributed by atoms with Gasteiger partial charge in [-0.3, -0.25) is 4.79 Å². The molecule has 4 rings (SSSR count). The van der Waals surface area contributed by atoms with E-state index in [2.05, 4.69) is 22.8 Å². The number of fused-ring (bicyclic) bond motifs is 3. The van der Waals surface area contributed by atoms with Crippen LogP contribution in [0.3, 0.4) is 0 Å². The first kappa shape index (κ1) is 20.9. The van der Waals surface area contributed by atoms with Crippen molar-refractivity contribution in [2.75, 3.05) is 6.61 Å². The highest BCUT2D eigenvalue weighted by atomic mass is 16.5. The SMILES string of the molecule is CC(C)(CC(=O)NC1(C(=O)O)CC1)NC(=O)OCC1c2ccccc2-c2ccccc21. The van der Waals surface area contributed by atoms with E-state index >= 15 is 0 Å². The predicted octanol–water partition coefficient (Wildman–Crippen LogP) is 3.43. The number of aliphatic carboxylic acids is 1. The molecule has 0 heterocycles. The van der Waals surface area contributed by atoms with Crippen LogP contribution in [-0.2, 0) is 14.3 Å². The normalized spacial score (nSPS) is 16.1. The molecule has 1 fully saturated rings. The summed E-state index contributed by atoms with van der Waals surface area (Å²) in [5.74, 6) is -1.48. The summed E-state index contributed by atoms with van der Waals surface area (Å²) in [7, 11) is 0. The molecule has 2 aliphatic carbocycles. The molecule has 1 saturated carbocycles. The van der Waals surface area contributed by atoms with Gasteiger partial charge < -0.3 is 20.5 Å². The number of ether oxygens (including phenoxy) is 1. The van der Waals surface area contributed by atoms with Gasteiger partial charge in [0.25, 0.3) is 0 Å². The van der Waals surface area contributed by atoms with Crippen molar-refractivity contribution >= 4 is 18.0 Å². The summed E-state index contributed by atoms with van der Waals surface area (Å²) < 4.78 is 5.53. The molecule has 2 aromatic rings. The van der Waals surface area contributed by atoms with Crippen molar-refractivity contribution in [3.8, 4) is 11.1 Å². The number of rotatable bonds is 7. The van der Waals surface area contributed by atoms with Gasteiger partial charge >= 0.3 is 12.1 Å². The Balaban J connectivity index is 1.35. The van der Waals surface area contributed by atoms with E-state index < -0.39 is 29.0 Å². The minimum Gasteiger partial charge on any atom is -0.480 e. The number of carbonyl (C=O) groups excluding carboxylic acids is 2. The molecule has 0 unspecified atom stereocenters. The quantitative estimate of drug-likeness (QED) is 0.634. The molecule has 0 radical (unpaired) electrons. The minimum absolute atomic E-state index is 0.0464. The molecule has 7 heteroatoms. The van der Waals surface area contributed by atoms with Gasteiger partial charge in [0.05, 0.1) is 0 Å². The summed E-state index contributed by atoms with van der Waals surface area (Å²) in [5.41, 5.74) is 2.52. The van der Waals surface area contributed by atoms with E-state index in [1.54, 1.807) is 13.8 Å². The maximum atomic E-state index is 12.5. The molecular weight excluding hydrogens is 396 g/mol. The molecule has 0 spiro atoms. The maximum Gasteiger partial charge on any atom is 0.407 e. The lowest BCUT2D eigenvalue weighted by Crippen LogP contribution is -2.50. The fourth-order valence-electron chi connectivity index (χ4n) is 4.18. The fourth-order valence-corrected chi connectivity index (χ4v) is 4.18. The number of carboxylic acids is 1. The summed E-state index contributed by atoms with van der Waals surface area (Å²) in [4.78, 5) is 36.0. The minimum atomic E-state index is -1.14. The summed E-state index contributed by atoms with van der Waals surface area (Å²) in [6.07, 6.45) is 0.188. The topological polar surface area (TPSA) is 105 Å². The lowest BCUT2D eigenvalue weighted by atomic mass is 9.98. The molecule has 0 bridgehead atoms. The van der Waals surface area contributed by atoms with Crippen molar-refractivity contribution in [3.05, 3.63) is 59.7 Å². The van der Waals surface area contributed by atoms with E-state index in [9.17, 15) is 19.5 Å². The second-order valence-electron chi connectivity index (χ2n) is 8.95. The van der Waals surface area contributed by atoms with Crippen LogP contribution < -0.4 is 10.6 Å². The third-order valence-corrected chi connectivity index (χ3v) is 5.92. The van der Waals surface area contributed by atoms with Gasteiger partial charge in [-0.05, 0) is 48.9 Å². The summed E-state index contributed by atoms with van der Waals surface area (Å²) >= 11 is 0. The first-order valence-electron chi connectivity index (χ1n) is 10.4. The number of alkyl carbamates (subject to hydrolysis) is 1. The molecule has 2 aromatic carbocycles. The highest BCUT2D eigenvalue weighted by Gasteiger charge is 2.51. The van der Waals surface area contributed by atoms with E-state index in [0.717, 1.165) is 22.3 Å². The van der Waals surface area contributed by atoms with Crippen LogP contribution >= 0.6 is 0 Å². The molecule has 31 heavy (non-hydrogen) atoms.